The number of hydrogen-bond donors (Lipinski definition) is 0. The molecule has 4 aliphatic carbocycles. The SMILES string of the molecule is COCO[C@H]1CC[C@H]2[C@@H]3CC[C@H]4CC5(CCOO5)CC[C@]4(C)[C@H]3[C@@H](OC/C=C/CCCCCCCCCCBr)C[C@]12C. The Kier molecular flexibility index (Phi) is 12.4. The summed E-state index contributed by atoms with van der Waals surface area (Å²) in [5.41, 5.74) is 0.457. The van der Waals surface area contributed by atoms with E-state index in [9.17, 15) is 0 Å². The largest absolute Gasteiger partial charge is 0.374 e. The lowest BCUT2D eigenvalue weighted by Gasteiger charge is -2.63. The molecule has 0 radical (unpaired) electrons. The number of hydrogen-bond acceptors (Lipinski definition) is 5. The Morgan fingerprint density at radius 1 is 0.810 bits per heavy atom. The van der Waals surface area contributed by atoms with Crippen molar-refractivity contribution < 1.29 is 24.0 Å². The summed E-state index contributed by atoms with van der Waals surface area (Å²) in [4.78, 5) is 11.4. The first-order chi connectivity index (χ1) is 20.5. The Hall–Kier alpha value is 0.0200. The summed E-state index contributed by atoms with van der Waals surface area (Å²) in [6.45, 7) is 7.04. The van der Waals surface area contributed by atoms with E-state index in [1.54, 1.807) is 7.11 Å². The standard InChI is InChI=1S/C36H61BrO5/c1-34-19-20-36(21-24-41-42-36)25-28(34)15-16-29-30-17-18-32(40-27-38-3)35(30,2)26-31(33(29)34)39-23-14-12-10-8-6-4-5-7-9-11-13-22-37/h12,14,28-33H,4-11,13,15-27H2,1-3H3/b14-12+/t28-,29-,30-,31-,32-,33+,34-,35-,36?/m0/s1. The van der Waals surface area contributed by atoms with Crippen molar-refractivity contribution in [2.75, 3.05) is 32.4 Å². The topological polar surface area (TPSA) is 46.2 Å². The third-order valence-electron chi connectivity index (χ3n) is 12.7. The highest BCUT2D eigenvalue weighted by Gasteiger charge is 2.65. The number of allylic oxidation sites excluding steroid dienone is 1. The lowest BCUT2D eigenvalue weighted by molar-refractivity contribution is -0.327. The Labute approximate surface area is 265 Å². The van der Waals surface area contributed by atoms with Gasteiger partial charge in [0.05, 0.1) is 25.4 Å². The second-order valence-corrected chi connectivity index (χ2v) is 15.9. The molecule has 1 aliphatic heterocycles. The molecule has 42 heavy (non-hydrogen) atoms. The van der Waals surface area contributed by atoms with Gasteiger partial charge >= 0.3 is 0 Å². The van der Waals surface area contributed by atoms with Gasteiger partial charge in [0.1, 0.15) is 12.4 Å². The van der Waals surface area contributed by atoms with Crippen molar-refractivity contribution in [3.8, 4) is 0 Å². The van der Waals surface area contributed by atoms with Gasteiger partial charge < -0.3 is 14.2 Å². The molecule has 9 atom stereocenters. The maximum atomic E-state index is 6.97. The van der Waals surface area contributed by atoms with Crippen LogP contribution in [-0.4, -0.2) is 50.3 Å². The highest BCUT2D eigenvalue weighted by Crippen LogP contribution is 2.68. The van der Waals surface area contributed by atoms with Crippen LogP contribution in [0.3, 0.4) is 0 Å². The lowest BCUT2D eigenvalue weighted by atomic mass is 9.43. The van der Waals surface area contributed by atoms with Gasteiger partial charge in [-0.2, -0.15) is 0 Å². The van der Waals surface area contributed by atoms with Crippen molar-refractivity contribution in [3.63, 3.8) is 0 Å². The van der Waals surface area contributed by atoms with Crippen molar-refractivity contribution in [1.29, 1.82) is 0 Å². The molecule has 242 valence electrons. The fourth-order valence-corrected chi connectivity index (χ4v) is 10.8. The maximum Gasteiger partial charge on any atom is 0.146 e. The van der Waals surface area contributed by atoms with Crippen molar-refractivity contribution in [2.24, 2.45) is 34.5 Å². The van der Waals surface area contributed by atoms with Crippen molar-refractivity contribution in [1.82, 2.24) is 0 Å². The van der Waals surface area contributed by atoms with E-state index < -0.39 is 0 Å². The smallest absolute Gasteiger partial charge is 0.146 e. The fourth-order valence-electron chi connectivity index (χ4n) is 10.5. The molecule has 1 heterocycles. The number of ether oxygens (including phenoxy) is 3. The molecule has 1 saturated heterocycles. The van der Waals surface area contributed by atoms with Crippen LogP contribution in [0.15, 0.2) is 12.2 Å². The van der Waals surface area contributed by atoms with Crippen molar-refractivity contribution >= 4 is 15.9 Å². The van der Waals surface area contributed by atoms with E-state index >= 15 is 0 Å². The Morgan fingerprint density at radius 2 is 1.60 bits per heavy atom. The lowest BCUT2D eigenvalue weighted by Crippen LogP contribution is -2.61. The molecule has 5 aliphatic rings. The van der Waals surface area contributed by atoms with Gasteiger partial charge in [-0.25, -0.2) is 9.78 Å². The van der Waals surface area contributed by atoms with Crippen LogP contribution >= 0.6 is 15.9 Å². The van der Waals surface area contributed by atoms with Gasteiger partial charge in [0.25, 0.3) is 0 Å². The summed E-state index contributed by atoms with van der Waals surface area (Å²) in [6, 6.07) is 0. The monoisotopic (exact) mass is 652 g/mol. The molecule has 0 aromatic rings. The minimum Gasteiger partial charge on any atom is -0.374 e. The predicted molar refractivity (Wildman–Crippen MR) is 172 cm³/mol. The summed E-state index contributed by atoms with van der Waals surface area (Å²) in [6.07, 6.45) is 28.2. The third-order valence-corrected chi connectivity index (χ3v) is 13.3. The van der Waals surface area contributed by atoms with Gasteiger partial charge in [-0.3, -0.25) is 0 Å². The van der Waals surface area contributed by atoms with Crippen LogP contribution in [-0.2, 0) is 24.0 Å². The number of rotatable bonds is 16. The van der Waals surface area contributed by atoms with E-state index in [0.29, 0.717) is 30.1 Å². The Morgan fingerprint density at radius 3 is 2.33 bits per heavy atom. The van der Waals surface area contributed by atoms with Crippen molar-refractivity contribution in [3.05, 3.63) is 12.2 Å². The molecule has 4 saturated carbocycles. The normalized spacial score (nSPS) is 41.3. The molecule has 0 amide bonds. The van der Waals surface area contributed by atoms with Gasteiger partial charge in [-0.15, -0.1) is 0 Å². The third kappa shape index (κ3) is 7.35. The molecule has 1 spiro atoms. The molecule has 0 N–H and O–H groups in total. The van der Waals surface area contributed by atoms with Gasteiger partial charge in [0, 0.05) is 18.9 Å². The summed E-state index contributed by atoms with van der Waals surface area (Å²) < 4.78 is 18.7. The first-order valence-corrected chi connectivity index (χ1v) is 18.8. The first kappa shape index (κ1) is 33.4. The second kappa shape index (κ2) is 15.5. The zero-order chi connectivity index (χ0) is 29.5. The van der Waals surface area contributed by atoms with Gasteiger partial charge in [0.2, 0.25) is 0 Å². The average molecular weight is 654 g/mol. The Balaban J connectivity index is 1.18. The molecular weight excluding hydrogens is 592 g/mol. The summed E-state index contributed by atoms with van der Waals surface area (Å²) in [5, 5.41) is 1.15. The van der Waals surface area contributed by atoms with Crippen LogP contribution < -0.4 is 0 Å². The summed E-state index contributed by atoms with van der Waals surface area (Å²) in [5.74, 6) is 2.78. The molecule has 6 heteroatoms. The number of fused-ring (bicyclic) bond motifs is 5. The highest BCUT2D eigenvalue weighted by molar-refractivity contribution is 9.09. The van der Waals surface area contributed by atoms with E-state index in [1.807, 2.05) is 0 Å². The second-order valence-electron chi connectivity index (χ2n) is 15.1. The van der Waals surface area contributed by atoms with Gasteiger partial charge in [-0.1, -0.05) is 80.5 Å². The maximum absolute atomic E-state index is 6.97. The average Bonchev–Trinajstić information content (AvgIpc) is 3.58. The zero-order valence-electron chi connectivity index (χ0n) is 27.1. The van der Waals surface area contributed by atoms with E-state index in [2.05, 4.69) is 41.9 Å². The van der Waals surface area contributed by atoms with E-state index in [0.717, 1.165) is 62.5 Å². The molecule has 5 fully saturated rings. The summed E-state index contributed by atoms with van der Waals surface area (Å²) in [7, 11) is 1.74. The minimum atomic E-state index is -0.0287. The highest BCUT2D eigenvalue weighted by atomic mass is 79.9. The zero-order valence-corrected chi connectivity index (χ0v) is 28.7. The molecule has 0 aromatic heterocycles. The Bertz CT molecular complexity index is 845. The van der Waals surface area contributed by atoms with Crippen LogP contribution in [0, 0.1) is 34.5 Å². The number of alkyl halides is 1. The van der Waals surface area contributed by atoms with Crippen molar-refractivity contribution in [2.45, 2.75) is 147 Å². The van der Waals surface area contributed by atoms with Crippen LogP contribution in [0.1, 0.15) is 129 Å². The molecule has 5 nitrogen and oxygen atoms in total. The van der Waals surface area contributed by atoms with Crippen LogP contribution in [0.5, 0.6) is 0 Å². The van der Waals surface area contributed by atoms with E-state index in [4.69, 9.17) is 24.0 Å². The quantitative estimate of drug-likeness (QED) is 0.0546. The molecule has 1 unspecified atom stereocenters. The van der Waals surface area contributed by atoms with Gasteiger partial charge in [0.15, 0.2) is 0 Å². The molecular formula is C36H61BrO5. The number of unbranched alkanes of at least 4 members (excludes halogenated alkanes) is 8. The predicted octanol–water partition coefficient (Wildman–Crippen LogP) is 9.57. The molecule has 5 rings (SSSR count). The summed E-state index contributed by atoms with van der Waals surface area (Å²) >= 11 is 3.53. The van der Waals surface area contributed by atoms with Crippen LogP contribution in [0.4, 0.5) is 0 Å². The molecule has 0 bridgehead atoms. The number of methoxy groups -OCH3 is 1. The van der Waals surface area contributed by atoms with Gasteiger partial charge in [-0.05, 0) is 105 Å². The minimum absolute atomic E-state index is 0.0287. The van der Waals surface area contributed by atoms with Crippen LogP contribution in [0.25, 0.3) is 0 Å². The van der Waals surface area contributed by atoms with Crippen LogP contribution in [0.2, 0.25) is 0 Å². The first-order valence-electron chi connectivity index (χ1n) is 17.7. The van der Waals surface area contributed by atoms with E-state index in [-0.39, 0.29) is 17.1 Å². The van der Waals surface area contributed by atoms with E-state index in [1.165, 1.54) is 83.5 Å². The molecule has 0 aromatic carbocycles. The fraction of sp³-hybridized carbons (Fsp3) is 0.944. The number of halogens is 1.